The molecule has 0 aliphatic carbocycles. The number of benzene rings is 7. The van der Waals surface area contributed by atoms with Gasteiger partial charge in [0.1, 0.15) is 11.3 Å². The van der Waals surface area contributed by atoms with E-state index in [0.29, 0.717) is 5.95 Å². The Morgan fingerprint density at radius 2 is 0.925 bits per heavy atom. The smallest absolute Gasteiger partial charge is 0.235 e. The van der Waals surface area contributed by atoms with Crippen LogP contribution in [-0.2, 0) is 0 Å². The lowest BCUT2D eigenvalue weighted by Gasteiger charge is -2.12. The number of rotatable bonds is 5. The molecule has 0 unspecified atom stereocenters. The van der Waals surface area contributed by atoms with Crippen LogP contribution in [0.2, 0.25) is 0 Å². The van der Waals surface area contributed by atoms with Crippen molar-refractivity contribution in [1.29, 1.82) is 0 Å². The van der Waals surface area contributed by atoms with Crippen LogP contribution in [0.15, 0.2) is 182 Å². The summed E-state index contributed by atoms with van der Waals surface area (Å²) in [7, 11) is 0. The van der Waals surface area contributed by atoms with Crippen molar-refractivity contribution in [3.8, 4) is 40.0 Å². The van der Waals surface area contributed by atoms with Gasteiger partial charge in [0.15, 0.2) is 5.65 Å². The summed E-state index contributed by atoms with van der Waals surface area (Å²) >= 11 is 0. The molecule has 0 saturated heterocycles. The van der Waals surface area contributed by atoms with Crippen LogP contribution in [0, 0.1) is 0 Å². The van der Waals surface area contributed by atoms with E-state index in [1.54, 1.807) is 0 Å². The van der Waals surface area contributed by atoms with Crippen molar-refractivity contribution in [3.63, 3.8) is 0 Å². The molecule has 0 spiro atoms. The third kappa shape index (κ3) is 4.49. The van der Waals surface area contributed by atoms with E-state index in [0.717, 1.165) is 88.8 Å². The van der Waals surface area contributed by atoms with E-state index in [1.807, 2.05) is 18.2 Å². The number of hydrogen-bond donors (Lipinski definition) is 0. The normalized spacial score (nSPS) is 11.8. The van der Waals surface area contributed by atoms with Crippen molar-refractivity contribution in [2.75, 3.05) is 0 Å². The van der Waals surface area contributed by atoms with Crippen molar-refractivity contribution < 1.29 is 0 Å². The predicted molar refractivity (Wildman–Crippen MR) is 216 cm³/mol. The zero-order valence-electron chi connectivity index (χ0n) is 28.5. The second-order valence-electron chi connectivity index (χ2n) is 13.3. The zero-order chi connectivity index (χ0) is 34.9. The highest BCUT2D eigenvalue weighted by atomic mass is 15.2. The van der Waals surface area contributed by atoms with Gasteiger partial charge in [-0.1, -0.05) is 133 Å². The molecule has 11 aromatic rings. The fraction of sp³-hybridized carbons (Fsp3) is 0. The molecule has 0 N–H and O–H groups in total. The van der Waals surface area contributed by atoms with Crippen molar-refractivity contribution in [1.82, 2.24) is 28.7 Å². The van der Waals surface area contributed by atoms with Gasteiger partial charge in [0.25, 0.3) is 0 Å². The molecule has 0 radical (unpaired) electrons. The summed E-state index contributed by atoms with van der Waals surface area (Å²) in [4.78, 5) is 16.0. The van der Waals surface area contributed by atoms with Crippen LogP contribution < -0.4 is 0 Å². The third-order valence-corrected chi connectivity index (χ3v) is 10.3. The largest absolute Gasteiger partial charge is 0.292 e. The van der Waals surface area contributed by atoms with E-state index in [2.05, 4.69) is 177 Å². The lowest BCUT2D eigenvalue weighted by Crippen LogP contribution is -2.03. The molecular weight excluding hydrogens is 649 g/mol. The highest BCUT2D eigenvalue weighted by Crippen LogP contribution is 2.42. The van der Waals surface area contributed by atoms with Gasteiger partial charge < -0.3 is 0 Å². The summed E-state index contributed by atoms with van der Waals surface area (Å²) in [6.07, 6.45) is 0. The second kappa shape index (κ2) is 11.6. The summed E-state index contributed by atoms with van der Waals surface area (Å²) in [5.41, 5.74) is 11.1. The molecule has 0 saturated carbocycles. The Morgan fingerprint density at radius 3 is 1.64 bits per heavy atom. The van der Waals surface area contributed by atoms with Gasteiger partial charge in [0.05, 0.1) is 27.8 Å². The molecule has 0 aliphatic heterocycles. The average Bonchev–Trinajstić information content (AvgIpc) is 3.87. The number of nitrogens with zero attached hydrogens (tertiary/aromatic N) is 6. The zero-order valence-corrected chi connectivity index (χ0v) is 28.5. The van der Waals surface area contributed by atoms with Gasteiger partial charge in [0.2, 0.25) is 5.95 Å². The van der Waals surface area contributed by atoms with Crippen LogP contribution in [0.4, 0.5) is 0 Å². The minimum Gasteiger partial charge on any atom is -0.292 e. The third-order valence-electron chi connectivity index (χ3n) is 10.3. The van der Waals surface area contributed by atoms with Gasteiger partial charge in [-0.05, 0) is 48.5 Å². The first-order chi connectivity index (χ1) is 26.3. The van der Waals surface area contributed by atoms with E-state index in [1.165, 1.54) is 0 Å². The van der Waals surface area contributed by atoms with E-state index in [9.17, 15) is 0 Å². The van der Waals surface area contributed by atoms with E-state index < -0.39 is 0 Å². The summed E-state index contributed by atoms with van der Waals surface area (Å²) in [6, 6.07) is 63.4. The monoisotopic (exact) mass is 678 g/mol. The molecule has 53 heavy (non-hydrogen) atoms. The molecule has 248 valence electrons. The predicted octanol–water partition coefficient (Wildman–Crippen LogP) is 11.3. The van der Waals surface area contributed by atoms with Gasteiger partial charge in [-0.3, -0.25) is 13.7 Å². The Bertz CT molecular complexity index is 3140. The molecule has 0 atom stereocenters. The average molecular weight is 679 g/mol. The van der Waals surface area contributed by atoms with Gasteiger partial charge in [-0.2, -0.15) is 0 Å². The molecule has 0 bridgehead atoms. The molecule has 11 rings (SSSR count). The highest BCUT2D eigenvalue weighted by Gasteiger charge is 2.25. The quantitative estimate of drug-likeness (QED) is 0.182. The molecule has 7 aromatic carbocycles. The van der Waals surface area contributed by atoms with E-state index >= 15 is 0 Å². The van der Waals surface area contributed by atoms with E-state index in [-0.39, 0.29) is 0 Å². The standard InChI is InChI=1S/C47H30N6/c1-5-17-31(18-6-1)43-36-26-13-15-27-39(36)48-47(49-43)53-40-28-16-14-25-35(40)37-29-38-42(30-41(37)53)51(33-21-9-3-10-22-33)46-44(38)52(34-23-11-4-12-24-34)45(50-46)32-19-7-2-8-20-32/h1-30H. The molecular formula is C47H30N6. The minimum absolute atomic E-state index is 0.633. The Labute approximate surface area is 304 Å². The van der Waals surface area contributed by atoms with Crippen LogP contribution in [0.3, 0.4) is 0 Å². The molecule has 4 heterocycles. The first kappa shape index (κ1) is 29.4. The molecule has 6 nitrogen and oxygen atoms in total. The first-order valence-electron chi connectivity index (χ1n) is 17.8. The van der Waals surface area contributed by atoms with Gasteiger partial charge in [-0.15, -0.1) is 0 Å². The number of aromatic nitrogens is 6. The number of para-hydroxylation sites is 4. The lowest BCUT2D eigenvalue weighted by atomic mass is 10.1. The van der Waals surface area contributed by atoms with E-state index in [4.69, 9.17) is 15.0 Å². The maximum Gasteiger partial charge on any atom is 0.235 e. The fourth-order valence-electron chi connectivity index (χ4n) is 7.94. The van der Waals surface area contributed by atoms with Gasteiger partial charge in [0, 0.05) is 44.0 Å². The van der Waals surface area contributed by atoms with Crippen LogP contribution in [0.1, 0.15) is 0 Å². The second-order valence-corrected chi connectivity index (χ2v) is 13.3. The van der Waals surface area contributed by atoms with Crippen molar-refractivity contribution in [3.05, 3.63) is 182 Å². The van der Waals surface area contributed by atoms with Crippen molar-refractivity contribution in [2.24, 2.45) is 0 Å². The first-order valence-corrected chi connectivity index (χ1v) is 17.8. The Kier molecular flexibility index (Phi) is 6.45. The number of hydrogen-bond acceptors (Lipinski definition) is 3. The fourth-order valence-corrected chi connectivity index (χ4v) is 7.94. The maximum atomic E-state index is 5.46. The molecule has 0 amide bonds. The van der Waals surface area contributed by atoms with Crippen molar-refractivity contribution in [2.45, 2.75) is 0 Å². The summed E-state index contributed by atoms with van der Waals surface area (Å²) in [5, 5.41) is 4.40. The van der Waals surface area contributed by atoms with Crippen LogP contribution >= 0.6 is 0 Å². The summed E-state index contributed by atoms with van der Waals surface area (Å²) in [6.45, 7) is 0. The molecule has 6 heteroatoms. The number of fused-ring (bicyclic) bond motifs is 7. The van der Waals surface area contributed by atoms with Crippen LogP contribution in [0.25, 0.3) is 94.7 Å². The van der Waals surface area contributed by atoms with Crippen molar-refractivity contribution >= 4 is 54.8 Å². The van der Waals surface area contributed by atoms with Crippen LogP contribution in [-0.4, -0.2) is 28.7 Å². The molecule has 0 aliphatic rings. The minimum atomic E-state index is 0.633. The van der Waals surface area contributed by atoms with Crippen LogP contribution in [0.5, 0.6) is 0 Å². The SMILES string of the molecule is c1ccc(-c2nc(-n3c4ccccc4c4cc5c6c(nc(-c7ccccc7)n6-c6ccccc6)n(-c6ccccc6)c5cc43)nc3ccccc23)cc1. The Hall–Kier alpha value is -7.31. The summed E-state index contributed by atoms with van der Waals surface area (Å²) in [5.74, 6) is 1.53. The Balaban J connectivity index is 1.29. The van der Waals surface area contributed by atoms with Gasteiger partial charge in [-0.25, -0.2) is 15.0 Å². The highest BCUT2D eigenvalue weighted by molar-refractivity contribution is 6.18. The molecule has 0 fully saturated rings. The summed E-state index contributed by atoms with van der Waals surface area (Å²) < 4.78 is 6.84. The molecule has 4 aromatic heterocycles. The number of imidazole rings is 1. The Morgan fingerprint density at radius 1 is 0.358 bits per heavy atom. The lowest BCUT2D eigenvalue weighted by molar-refractivity contribution is 1.01. The maximum absolute atomic E-state index is 5.46. The topological polar surface area (TPSA) is 53.5 Å². The van der Waals surface area contributed by atoms with Gasteiger partial charge >= 0.3 is 0 Å².